The zero-order valence-electron chi connectivity index (χ0n) is 11.5. The van der Waals surface area contributed by atoms with Gasteiger partial charge in [-0.1, -0.05) is 0 Å². The molecule has 2 atom stereocenters. The molecule has 4 heterocycles. The molecule has 0 spiro atoms. The number of nitrogens with zero attached hydrogens (tertiary/aromatic N) is 5. The molecular weight excluding hydrogens is 266 g/mol. The van der Waals surface area contributed by atoms with Crippen molar-refractivity contribution in [2.45, 2.75) is 24.9 Å². The lowest BCUT2D eigenvalue weighted by Gasteiger charge is -2.25. The maximum Gasteiger partial charge on any atom is 0.229 e. The van der Waals surface area contributed by atoms with E-state index >= 15 is 0 Å². The van der Waals surface area contributed by atoms with E-state index in [1.807, 2.05) is 17.0 Å². The average molecular weight is 281 g/mol. The smallest absolute Gasteiger partial charge is 0.229 e. The van der Waals surface area contributed by atoms with E-state index in [1.54, 1.807) is 31.0 Å². The summed E-state index contributed by atoms with van der Waals surface area (Å²) in [6.45, 7) is 0.901. The van der Waals surface area contributed by atoms with Crippen LogP contribution < -0.4 is 9.80 Å². The Morgan fingerprint density at radius 1 is 1.10 bits per heavy atom. The van der Waals surface area contributed by atoms with Crippen molar-refractivity contribution in [3.8, 4) is 0 Å². The van der Waals surface area contributed by atoms with E-state index in [0.29, 0.717) is 6.42 Å². The van der Waals surface area contributed by atoms with Crippen molar-refractivity contribution in [1.82, 2.24) is 15.0 Å². The first kappa shape index (κ1) is 12.3. The van der Waals surface area contributed by atoms with E-state index in [0.717, 1.165) is 24.5 Å². The number of rotatable bonds is 2. The number of fused-ring (bicyclic) bond motifs is 1. The number of hydrogen-bond donors (Lipinski definition) is 0. The molecule has 0 unspecified atom stereocenters. The Morgan fingerprint density at radius 3 is 2.76 bits per heavy atom. The van der Waals surface area contributed by atoms with Crippen LogP contribution in [0.2, 0.25) is 0 Å². The van der Waals surface area contributed by atoms with Gasteiger partial charge in [0.1, 0.15) is 5.82 Å². The van der Waals surface area contributed by atoms with Crippen LogP contribution in [0.3, 0.4) is 0 Å². The summed E-state index contributed by atoms with van der Waals surface area (Å²) in [5.41, 5.74) is 0.885. The van der Waals surface area contributed by atoms with Crippen LogP contribution in [-0.4, -0.2) is 39.5 Å². The first-order valence-corrected chi connectivity index (χ1v) is 7.09. The van der Waals surface area contributed by atoms with Gasteiger partial charge in [0.15, 0.2) is 0 Å². The van der Waals surface area contributed by atoms with Crippen LogP contribution in [0.15, 0.2) is 43.1 Å². The summed E-state index contributed by atoms with van der Waals surface area (Å²) in [7, 11) is 0. The summed E-state index contributed by atoms with van der Waals surface area (Å²) in [4.78, 5) is 29.1. The van der Waals surface area contributed by atoms with E-state index < -0.39 is 0 Å². The molecule has 21 heavy (non-hydrogen) atoms. The Hall–Kier alpha value is -2.50. The molecule has 0 aromatic carbocycles. The third kappa shape index (κ3) is 1.94. The van der Waals surface area contributed by atoms with Crippen LogP contribution in [0, 0.1) is 0 Å². The fourth-order valence-electron chi connectivity index (χ4n) is 3.40. The maximum absolute atomic E-state index is 12.4. The maximum atomic E-state index is 12.4. The highest BCUT2D eigenvalue weighted by Gasteiger charge is 2.47. The number of aromatic nitrogens is 3. The van der Waals surface area contributed by atoms with Crippen molar-refractivity contribution in [3.05, 3.63) is 43.1 Å². The summed E-state index contributed by atoms with van der Waals surface area (Å²) >= 11 is 0. The fraction of sp³-hybridized carbons (Fsp3) is 0.333. The molecule has 2 aliphatic rings. The molecule has 6 heteroatoms. The molecule has 0 bridgehead atoms. The van der Waals surface area contributed by atoms with Crippen LogP contribution >= 0.6 is 0 Å². The first-order valence-electron chi connectivity index (χ1n) is 7.09. The minimum absolute atomic E-state index is 0.159. The molecule has 2 fully saturated rings. The Morgan fingerprint density at radius 2 is 2.00 bits per heavy atom. The predicted molar refractivity (Wildman–Crippen MR) is 77.9 cm³/mol. The third-order valence-electron chi connectivity index (χ3n) is 4.26. The second kappa shape index (κ2) is 4.80. The molecule has 2 aromatic heterocycles. The van der Waals surface area contributed by atoms with Crippen molar-refractivity contribution >= 4 is 17.4 Å². The molecular formula is C15H15N5O. The van der Waals surface area contributed by atoms with Gasteiger partial charge in [-0.15, -0.1) is 0 Å². The van der Waals surface area contributed by atoms with Gasteiger partial charge in [0.25, 0.3) is 0 Å². The lowest BCUT2D eigenvalue weighted by molar-refractivity contribution is -0.117. The van der Waals surface area contributed by atoms with Gasteiger partial charge in [0, 0.05) is 31.6 Å². The number of amides is 1. The largest absolute Gasteiger partial charge is 0.350 e. The van der Waals surface area contributed by atoms with Crippen molar-refractivity contribution in [2.24, 2.45) is 0 Å². The molecule has 0 aliphatic carbocycles. The fourth-order valence-corrected chi connectivity index (χ4v) is 3.40. The van der Waals surface area contributed by atoms with E-state index in [-0.39, 0.29) is 18.0 Å². The first-order chi connectivity index (χ1) is 10.3. The quantitative estimate of drug-likeness (QED) is 0.829. The minimum atomic E-state index is 0.159. The van der Waals surface area contributed by atoms with E-state index in [4.69, 9.17) is 0 Å². The van der Waals surface area contributed by atoms with Gasteiger partial charge in [-0.3, -0.25) is 14.8 Å². The van der Waals surface area contributed by atoms with Crippen LogP contribution in [0.25, 0.3) is 0 Å². The summed E-state index contributed by atoms with van der Waals surface area (Å²) in [6.07, 6.45) is 10.1. The Labute approximate surface area is 122 Å². The molecule has 0 N–H and O–H groups in total. The summed E-state index contributed by atoms with van der Waals surface area (Å²) in [5, 5.41) is 0. The van der Waals surface area contributed by atoms with Gasteiger partial charge >= 0.3 is 0 Å². The highest BCUT2D eigenvalue weighted by molar-refractivity contribution is 5.97. The average Bonchev–Trinajstić information content (AvgIpc) is 3.06. The molecule has 1 amide bonds. The molecule has 2 saturated heterocycles. The lowest BCUT2D eigenvalue weighted by Crippen LogP contribution is -2.37. The number of anilines is 2. The second-order valence-corrected chi connectivity index (χ2v) is 5.36. The topological polar surface area (TPSA) is 62.2 Å². The molecule has 2 aliphatic heterocycles. The van der Waals surface area contributed by atoms with Crippen LogP contribution in [-0.2, 0) is 4.79 Å². The van der Waals surface area contributed by atoms with Gasteiger partial charge in [-0.05, 0) is 18.6 Å². The highest BCUT2D eigenvalue weighted by Crippen LogP contribution is 2.37. The zero-order valence-corrected chi connectivity index (χ0v) is 11.5. The lowest BCUT2D eigenvalue weighted by atomic mass is 10.1. The molecule has 2 aromatic rings. The van der Waals surface area contributed by atoms with Crippen LogP contribution in [0.1, 0.15) is 12.8 Å². The van der Waals surface area contributed by atoms with Gasteiger partial charge in [-0.2, -0.15) is 0 Å². The number of carbonyl (C=O) groups is 1. The Bertz CT molecular complexity index is 648. The van der Waals surface area contributed by atoms with Gasteiger partial charge < -0.3 is 9.80 Å². The molecule has 0 radical (unpaired) electrons. The SMILES string of the molecule is O=C1C[C@@H]2[C@@H](CCN2c2cnccn2)N1c1cccnc1. The van der Waals surface area contributed by atoms with Crippen molar-refractivity contribution < 1.29 is 4.79 Å². The van der Waals surface area contributed by atoms with Gasteiger partial charge in [-0.25, -0.2) is 4.98 Å². The third-order valence-corrected chi connectivity index (χ3v) is 4.26. The number of hydrogen-bond acceptors (Lipinski definition) is 5. The molecule has 0 saturated carbocycles. The van der Waals surface area contributed by atoms with Crippen molar-refractivity contribution in [1.29, 1.82) is 0 Å². The van der Waals surface area contributed by atoms with Crippen molar-refractivity contribution in [2.75, 3.05) is 16.3 Å². The van der Waals surface area contributed by atoms with E-state index in [2.05, 4.69) is 19.9 Å². The van der Waals surface area contributed by atoms with Gasteiger partial charge in [0.05, 0.1) is 30.2 Å². The number of pyridine rings is 1. The summed E-state index contributed by atoms with van der Waals surface area (Å²) in [6, 6.07) is 4.18. The van der Waals surface area contributed by atoms with Crippen LogP contribution in [0.4, 0.5) is 11.5 Å². The molecule has 6 nitrogen and oxygen atoms in total. The number of carbonyl (C=O) groups excluding carboxylic acids is 1. The Kier molecular flexibility index (Phi) is 2.80. The second-order valence-electron chi connectivity index (χ2n) is 5.36. The summed E-state index contributed by atoms with van der Waals surface area (Å²) in [5.74, 6) is 1.01. The molecule has 4 rings (SSSR count). The minimum Gasteiger partial charge on any atom is -0.350 e. The standard InChI is InChI=1S/C15H15N5O/c21-15-8-13-12(20(15)11-2-1-4-16-9-11)3-7-19(13)14-10-17-5-6-18-14/h1-2,4-6,9-10,12-13H,3,7-8H2/t12-,13-/m1/s1. The monoisotopic (exact) mass is 281 g/mol. The van der Waals surface area contributed by atoms with Gasteiger partial charge in [0.2, 0.25) is 5.91 Å². The zero-order chi connectivity index (χ0) is 14.2. The normalized spacial score (nSPS) is 24.5. The predicted octanol–water partition coefficient (Wildman–Crippen LogP) is 1.26. The van der Waals surface area contributed by atoms with E-state index in [1.165, 1.54) is 0 Å². The van der Waals surface area contributed by atoms with Crippen molar-refractivity contribution in [3.63, 3.8) is 0 Å². The highest BCUT2D eigenvalue weighted by atomic mass is 16.2. The summed E-state index contributed by atoms with van der Waals surface area (Å²) < 4.78 is 0. The van der Waals surface area contributed by atoms with Crippen LogP contribution in [0.5, 0.6) is 0 Å². The Balaban J connectivity index is 1.65. The van der Waals surface area contributed by atoms with E-state index in [9.17, 15) is 4.79 Å². The molecule has 106 valence electrons.